The quantitative estimate of drug-likeness (QED) is 0.497. The molecule has 0 aromatic rings. The normalized spacial score (nSPS) is 53.4. The number of rotatable bonds is 0. The van der Waals surface area contributed by atoms with Crippen LogP contribution in [0.1, 0.15) is 19.3 Å². The number of ether oxygens (including phenoxy) is 1. The minimum Gasteiger partial charge on any atom is -0.390 e. The van der Waals surface area contributed by atoms with E-state index in [1.54, 1.807) is 0 Å². The van der Waals surface area contributed by atoms with Gasteiger partial charge in [-0.3, -0.25) is 0 Å². The molecule has 2 bridgehead atoms. The Balaban J connectivity index is 2.08. The van der Waals surface area contributed by atoms with Crippen LogP contribution in [-0.4, -0.2) is 28.7 Å². The molecule has 0 amide bonds. The highest BCUT2D eigenvalue weighted by Crippen LogP contribution is 2.36. The number of hydrogen-bond donors (Lipinski definition) is 2. The summed E-state index contributed by atoms with van der Waals surface area (Å²) in [5.41, 5.74) is 0. The van der Waals surface area contributed by atoms with Crippen molar-refractivity contribution >= 4 is 0 Å². The average Bonchev–Trinajstić information content (AvgIpc) is 2.21. The molecule has 58 valence electrons. The molecule has 0 aromatic heterocycles. The Hall–Kier alpha value is -0.120. The van der Waals surface area contributed by atoms with E-state index in [2.05, 4.69) is 0 Å². The standard InChI is InChI=1S/C7H12O3/c8-5-2-1-4-3-6(5)10-7(4)9/h4-9H,1-3H2/t4-,5?,6-,7?/m1/s1. The van der Waals surface area contributed by atoms with Crippen LogP contribution >= 0.6 is 0 Å². The first-order valence-electron chi connectivity index (χ1n) is 3.79. The molecule has 0 aromatic carbocycles. The molecule has 2 N–H and O–H groups in total. The molecular weight excluding hydrogens is 132 g/mol. The van der Waals surface area contributed by atoms with Crippen molar-refractivity contribution in [1.82, 2.24) is 0 Å². The van der Waals surface area contributed by atoms with E-state index in [0.29, 0.717) is 0 Å². The van der Waals surface area contributed by atoms with E-state index in [9.17, 15) is 10.2 Å². The van der Waals surface area contributed by atoms with Gasteiger partial charge in [0, 0.05) is 5.92 Å². The highest BCUT2D eigenvalue weighted by molar-refractivity contribution is 4.87. The Morgan fingerprint density at radius 2 is 2.00 bits per heavy atom. The molecule has 0 radical (unpaired) electrons. The van der Waals surface area contributed by atoms with Gasteiger partial charge in [0.1, 0.15) is 0 Å². The number of hydrogen-bond acceptors (Lipinski definition) is 3. The van der Waals surface area contributed by atoms with Gasteiger partial charge in [0.25, 0.3) is 0 Å². The van der Waals surface area contributed by atoms with Crippen LogP contribution in [0.25, 0.3) is 0 Å². The monoisotopic (exact) mass is 144 g/mol. The van der Waals surface area contributed by atoms with Gasteiger partial charge in [-0.05, 0) is 19.3 Å². The van der Waals surface area contributed by atoms with Crippen molar-refractivity contribution in [3.63, 3.8) is 0 Å². The first-order chi connectivity index (χ1) is 4.77. The molecule has 1 aliphatic heterocycles. The molecule has 2 fully saturated rings. The van der Waals surface area contributed by atoms with Crippen molar-refractivity contribution in [2.24, 2.45) is 5.92 Å². The lowest BCUT2D eigenvalue weighted by Crippen LogP contribution is -2.28. The Morgan fingerprint density at radius 1 is 1.20 bits per heavy atom. The van der Waals surface area contributed by atoms with Crippen LogP contribution in [0, 0.1) is 5.92 Å². The lowest BCUT2D eigenvalue weighted by molar-refractivity contribution is -0.120. The molecule has 1 saturated heterocycles. The minimum atomic E-state index is -0.609. The molecule has 2 rings (SSSR count). The third-order valence-electron chi connectivity index (χ3n) is 2.51. The van der Waals surface area contributed by atoms with Gasteiger partial charge in [-0.25, -0.2) is 0 Å². The van der Waals surface area contributed by atoms with Crippen LogP contribution in [-0.2, 0) is 4.74 Å². The molecule has 3 heteroatoms. The summed E-state index contributed by atoms with van der Waals surface area (Å²) >= 11 is 0. The van der Waals surface area contributed by atoms with Crippen LogP contribution in [0.2, 0.25) is 0 Å². The Bertz CT molecular complexity index is 135. The molecule has 3 nitrogen and oxygen atoms in total. The van der Waals surface area contributed by atoms with E-state index in [1.165, 1.54) is 0 Å². The fraction of sp³-hybridized carbons (Fsp3) is 1.00. The fourth-order valence-electron chi connectivity index (χ4n) is 1.84. The van der Waals surface area contributed by atoms with E-state index >= 15 is 0 Å². The van der Waals surface area contributed by atoms with E-state index in [0.717, 1.165) is 19.3 Å². The summed E-state index contributed by atoms with van der Waals surface area (Å²) < 4.78 is 5.10. The largest absolute Gasteiger partial charge is 0.390 e. The minimum absolute atomic E-state index is 0.0891. The smallest absolute Gasteiger partial charge is 0.157 e. The molecule has 10 heavy (non-hydrogen) atoms. The first-order valence-corrected chi connectivity index (χ1v) is 3.79. The Labute approximate surface area is 59.6 Å². The predicted octanol–water partition coefficient (Wildman–Crippen LogP) is -0.135. The second-order valence-electron chi connectivity index (χ2n) is 3.21. The summed E-state index contributed by atoms with van der Waals surface area (Å²) in [5.74, 6) is 0.286. The Morgan fingerprint density at radius 3 is 2.70 bits per heavy atom. The maximum absolute atomic E-state index is 9.28. The second kappa shape index (κ2) is 2.19. The topological polar surface area (TPSA) is 49.7 Å². The van der Waals surface area contributed by atoms with E-state index in [1.807, 2.05) is 0 Å². The summed E-state index contributed by atoms with van der Waals surface area (Å²) in [6, 6.07) is 0. The SMILES string of the molecule is OC1O[C@@H]2C[C@H]1CCC2O. The Kier molecular flexibility index (Phi) is 1.44. The molecule has 2 unspecified atom stereocenters. The summed E-state index contributed by atoms with van der Waals surface area (Å²) in [7, 11) is 0. The predicted molar refractivity (Wildman–Crippen MR) is 34.2 cm³/mol. The molecule has 2 aliphatic rings. The van der Waals surface area contributed by atoms with Gasteiger partial charge < -0.3 is 14.9 Å². The number of fused-ring (bicyclic) bond motifs is 2. The van der Waals surface area contributed by atoms with Crippen molar-refractivity contribution in [3.8, 4) is 0 Å². The van der Waals surface area contributed by atoms with Crippen molar-refractivity contribution in [2.75, 3.05) is 0 Å². The van der Waals surface area contributed by atoms with Crippen LogP contribution in [0.15, 0.2) is 0 Å². The van der Waals surface area contributed by atoms with E-state index < -0.39 is 6.29 Å². The van der Waals surface area contributed by atoms with Gasteiger partial charge in [-0.2, -0.15) is 0 Å². The van der Waals surface area contributed by atoms with Crippen molar-refractivity contribution in [1.29, 1.82) is 0 Å². The van der Waals surface area contributed by atoms with Gasteiger partial charge in [-0.1, -0.05) is 0 Å². The van der Waals surface area contributed by atoms with Crippen molar-refractivity contribution in [3.05, 3.63) is 0 Å². The first kappa shape index (κ1) is 6.58. The van der Waals surface area contributed by atoms with Gasteiger partial charge in [0.05, 0.1) is 12.2 Å². The second-order valence-corrected chi connectivity index (χ2v) is 3.21. The van der Waals surface area contributed by atoms with Crippen molar-refractivity contribution < 1.29 is 14.9 Å². The van der Waals surface area contributed by atoms with Gasteiger partial charge in [-0.15, -0.1) is 0 Å². The molecule has 0 spiro atoms. The lowest BCUT2D eigenvalue weighted by Gasteiger charge is -2.21. The summed E-state index contributed by atoms with van der Waals surface area (Å²) in [5, 5.41) is 18.5. The zero-order valence-electron chi connectivity index (χ0n) is 5.73. The van der Waals surface area contributed by atoms with E-state index in [-0.39, 0.29) is 18.1 Å². The van der Waals surface area contributed by atoms with Gasteiger partial charge in [0.2, 0.25) is 0 Å². The third-order valence-corrected chi connectivity index (χ3v) is 2.51. The van der Waals surface area contributed by atoms with Crippen LogP contribution < -0.4 is 0 Å². The van der Waals surface area contributed by atoms with Crippen molar-refractivity contribution in [2.45, 2.75) is 37.8 Å². The lowest BCUT2D eigenvalue weighted by atomic mass is 9.88. The fourth-order valence-corrected chi connectivity index (χ4v) is 1.84. The van der Waals surface area contributed by atoms with Gasteiger partial charge in [0.15, 0.2) is 6.29 Å². The number of aliphatic hydroxyl groups excluding tert-OH is 2. The average molecular weight is 144 g/mol. The summed E-state index contributed by atoms with van der Waals surface area (Å²) in [6.07, 6.45) is 1.48. The molecule has 1 aliphatic carbocycles. The highest BCUT2D eigenvalue weighted by Gasteiger charge is 2.41. The molecule has 1 heterocycles. The number of aliphatic hydroxyl groups is 2. The van der Waals surface area contributed by atoms with Crippen LogP contribution in [0.3, 0.4) is 0 Å². The summed E-state index contributed by atoms with van der Waals surface area (Å²) in [6.45, 7) is 0. The molecular formula is C7H12O3. The van der Waals surface area contributed by atoms with Crippen LogP contribution in [0.4, 0.5) is 0 Å². The maximum Gasteiger partial charge on any atom is 0.157 e. The summed E-state index contributed by atoms with van der Waals surface area (Å²) in [4.78, 5) is 0. The maximum atomic E-state index is 9.28. The van der Waals surface area contributed by atoms with E-state index in [4.69, 9.17) is 4.74 Å². The molecule has 1 saturated carbocycles. The van der Waals surface area contributed by atoms with Crippen LogP contribution in [0.5, 0.6) is 0 Å². The third kappa shape index (κ3) is 0.856. The highest BCUT2D eigenvalue weighted by atomic mass is 16.6. The zero-order valence-corrected chi connectivity index (χ0v) is 5.73. The zero-order chi connectivity index (χ0) is 7.14. The van der Waals surface area contributed by atoms with Gasteiger partial charge >= 0.3 is 0 Å². The molecule has 4 atom stereocenters.